The number of ether oxygens (including phenoxy) is 2. The second kappa shape index (κ2) is 10.6. The van der Waals surface area contributed by atoms with Crippen molar-refractivity contribution in [2.75, 3.05) is 12.4 Å². The Bertz CT molecular complexity index is 1720. The smallest absolute Gasteiger partial charge is 0.291 e. The standard InChI is InChI=1S/C29H22ClNO6S/c1-35-23-15-21(16-25(17-23)38(33,34)24-12-9-20(30)10-13-24)31-29(32)28-14-11-22(37-28)18-36-27-8-4-6-19-5-2-3-7-26(19)27/h2-17H,18H2,1H3,(H,31,32). The molecule has 7 nitrogen and oxygen atoms in total. The van der Waals surface area contributed by atoms with Gasteiger partial charge in [-0.1, -0.05) is 48.0 Å². The fourth-order valence-electron chi connectivity index (χ4n) is 3.91. The summed E-state index contributed by atoms with van der Waals surface area (Å²) in [5.41, 5.74) is 0.229. The predicted molar refractivity (Wildman–Crippen MR) is 145 cm³/mol. The van der Waals surface area contributed by atoms with Crippen LogP contribution in [-0.4, -0.2) is 21.4 Å². The topological polar surface area (TPSA) is 94.8 Å². The number of benzene rings is 4. The molecule has 0 aliphatic carbocycles. The lowest BCUT2D eigenvalue weighted by Crippen LogP contribution is -2.12. The number of hydrogen-bond donors (Lipinski definition) is 1. The number of furan rings is 1. The Kier molecular flexibility index (Phi) is 7.09. The van der Waals surface area contributed by atoms with E-state index in [9.17, 15) is 13.2 Å². The maximum absolute atomic E-state index is 13.2. The number of sulfone groups is 1. The van der Waals surface area contributed by atoms with E-state index in [1.807, 2.05) is 42.5 Å². The molecule has 0 atom stereocenters. The van der Waals surface area contributed by atoms with Crippen molar-refractivity contribution in [2.45, 2.75) is 16.4 Å². The molecule has 0 spiro atoms. The summed E-state index contributed by atoms with van der Waals surface area (Å²) >= 11 is 5.89. The molecule has 0 aliphatic heterocycles. The normalized spacial score (nSPS) is 11.3. The van der Waals surface area contributed by atoms with Crippen molar-refractivity contribution in [3.63, 3.8) is 0 Å². The molecular weight excluding hydrogens is 526 g/mol. The van der Waals surface area contributed by atoms with Crippen LogP contribution in [0.5, 0.6) is 11.5 Å². The van der Waals surface area contributed by atoms with Crippen molar-refractivity contribution in [3.05, 3.63) is 114 Å². The van der Waals surface area contributed by atoms with E-state index in [1.54, 1.807) is 6.07 Å². The van der Waals surface area contributed by atoms with Crippen LogP contribution in [0.4, 0.5) is 5.69 Å². The number of hydrogen-bond acceptors (Lipinski definition) is 6. The number of carbonyl (C=O) groups is 1. The van der Waals surface area contributed by atoms with Gasteiger partial charge in [0.1, 0.15) is 23.9 Å². The van der Waals surface area contributed by atoms with Crippen molar-refractivity contribution in [2.24, 2.45) is 0 Å². The van der Waals surface area contributed by atoms with Crippen LogP contribution < -0.4 is 14.8 Å². The van der Waals surface area contributed by atoms with Crippen molar-refractivity contribution in [1.82, 2.24) is 0 Å². The molecule has 0 aliphatic rings. The molecule has 38 heavy (non-hydrogen) atoms. The zero-order valence-electron chi connectivity index (χ0n) is 20.2. The first-order chi connectivity index (χ1) is 18.3. The van der Waals surface area contributed by atoms with E-state index >= 15 is 0 Å². The lowest BCUT2D eigenvalue weighted by Gasteiger charge is -2.11. The van der Waals surface area contributed by atoms with Crippen LogP contribution in [0.15, 0.2) is 111 Å². The molecule has 0 unspecified atom stereocenters. The number of amides is 1. The SMILES string of the molecule is COc1cc(NC(=O)c2ccc(COc3cccc4ccccc34)o2)cc(S(=O)(=O)c2ccc(Cl)cc2)c1. The average molecular weight is 548 g/mol. The van der Waals surface area contributed by atoms with E-state index < -0.39 is 15.7 Å². The zero-order chi connectivity index (χ0) is 26.7. The summed E-state index contributed by atoms with van der Waals surface area (Å²) in [6.45, 7) is 0.129. The largest absolute Gasteiger partial charge is 0.497 e. The van der Waals surface area contributed by atoms with Crippen LogP contribution >= 0.6 is 11.6 Å². The highest BCUT2D eigenvalue weighted by Gasteiger charge is 2.21. The molecule has 0 saturated carbocycles. The van der Waals surface area contributed by atoms with Gasteiger partial charge in [0.05, 0.1) is 16.9 Å². The Labute approximate surface area is 224 Å². The lowest BCUT2D eigenvalue weighted by molar-refractivity contribution is 0.0992. The third kappa shape index (κ3) is 5.37. The predicted octanol–water partition coefficient (Wildman–Crippen LogP) is 6.76. The summed E-state index contributed by atoms with van der Waals surface area (Å²) in [6, 6.07) is 26.9. The highest BCUT2D eigenvalue weighted by atomic mass is 35.5. The molecule has 0 radical (unpaired) electrons. The van der Waals surface area contributed by atoms with Crippen molar-refractivity contribution >= 4 is 43.8 Å². The lowest BCUT2D eigenvalue weighted by atomic mass is 10.1. The van der Waals surface area contributed by atoms with E-state index in [0.717, 1.165) is 10.8 Å². The minimum Gasteiger partial charge on any atom is -0.497 e. The monoisotopic (exact) mass is 547 g/mol. The number of nitrogens with one attached hydrogen (secondary N) is 1. The Morgan fingerprint density at radius 3 is 2.45 bits per heavy atom. The number of fused-ring (bicyclic) bond motifs is 1. The molecule has 5 rings (SSSR count). The van der Waals surface area contributed by atoms with Gasteiger partial charge in [-0.3, -0.25) is 4.79 Å². The van der Waals surface area contributed by atoms with Crippen LogP contribution in [0.3, 0.4) is 0 Å². The van der Waals surface area contributed by atoms with Gasteiger partial charge in [0, 0.05) is 22.2 Å². The molecule has 1 heterocycles. The molecule has 0 bridgehead atoms. The summed E-state index contributed by atoms with van der Waals surface area (Å²) in [5.74, 6) is 0.922. The second-order valence-corrected chi connectivity index (χ2v) is 10.7. The second-order valence-electron chi connectivity index (χ2n) is 8.34. The number of halogens is 1. The maximum atomic E-state index is 13.2. The fourth-order valence-corrected chi connectivity index (χ4v) is 5.35. The quantitative estimate of drug-likeness (QED) is 0.231. The minimum absolute atomic E-state index is 0.0434. The summed E-state index contributed by atoms with van der Waals surface area (Å²) in [6.07, 6.45) is 0. The molecule has 1 N–H and O–H groups in total. The molecule has 9 heteroatoms. The third-order valence-electron chi connectivity index (χ3n) is 5.81. The highest BCUT2D eigenvalue weighted by molar-refractivity contribution is 7.91. The Morgan fingerprint density at radius 1 is 0.895 bits per heavy atom. The van der Waals surface area contributed by atoms with Crippen LogP contribution in [0.25, 0.3) is 10.8 Å². The average Bonchev–Trinajstić information content (AvgIpc) is 3.41. The number of carbonyl (C=O) groups excluding carboxylic acids is 1. The van der Waals surface area contributed by atoms with E-state index in [0.29, 0.717) is 16.5 Å². The van der Waals surface area contributed by atoms with E-state index in [2.05, 4.69) is 5.32 Å². The van der Waals surface area contributed by atoms with Gasteiger partial charge in [0.25, 0.3) is 5.91 Å². The van der Waals surface area contributed by atoms with Gasteiger partial charge in [0.2, 0.25) is 9.84 Å². The summed E-state index contributed by atoms with van der Waals surface area (Å²) in [5, 5.41) is 5.13. The van der Waals surface area contributed by atoms with Crippen LogP contribution in [-0.2, 0) is 16.4 Å². The fraction of sp³-hybridized carbons (Fsp3) is 0.0690. The van der Waals surface area contributed by atoms with E-state index in [-0.39, 0.29) is 33.6 Å². The number of anilines is 1. The molecule has 5 aromatic rings. The van der Waals surface area contributed by atoms with Gasteiger partial charge in [-0.2, -0.15) is 0 Å². The molecule has 1 amide bonds. The third-order valence-corrected chi connectivity index (χ3v) is 7.81. The number of methoxy groups -OCH3 is 1. The molecule has 4 aromatic carbocycles. The van der Waals surface area contributed by atoms with Crippen molar-refractivity contribution in [3.8, 4) is 11.5 Å². The van der Waals surface area contributed by atoms with Gasteiger partial charge in [-0.05, 0) is 60.0 Å². The molecule has 0 fully saturated rings. The Morgan fingerprint density at radius 2 is 1.66 bits per heavy atom. The first-order valence-corrected chi connectivity index (χ1v) is 13.4. The van der Waals surface area contributed by atoms with Gasteiger partial charge in [0.15, 0.2) is 5.76 Å². The van der Waals surface area contributed by atoms with Gasteiger partial charge >= 0.3 is 0 Å². The van der Waals surface area contributed by atoms with Gasteiger partial charge < -0.3 is 19.2 Å². The van der Waals surface area contributed by atoms with Crippen molar-refractivity contribution < 1.29 is 27.1 Å². The molecule has 192 valence electrons. The first-order valence-electron chi connectivity index (χ1n) is 11.5. The molecular formula is C29H22ClNO6S. The van der Waals surface area contributed by atoms with E-state index in [4.69, 9.17) is 25.5 Å². The maximum Gasteiger partial charge on any atom is 0.291 e. The van der Waals surface area contributed by atoms with Crippen LogP contribution in [0, 0.1) is 0 Å². The summed E-state index contributed by atoms with van der Waals surface area (Å²) in [4.78, 5) is 12.9. The van der Waals surface area contributed by atoms with Crippen LogP contribution in [0.2, 0.25) is 5.02 Å². The minimum atomic E-state index is -3.89. The molecule has 0 saturated heterocycles. The Balaban J connectivity index is 1.32. The van der Waals surface area contributed by atoms with E-state index in [1.165, 1.54) is 55.6 Å². The van der Waals surface area contributed by atoms with Crippen molar-refractivity contribution in [1.29, 1.82) is 0 Å². The Hall–Kier alpha value is -4.27. The van der Waals surface area contributed by atoms with Gasteiger partial charge in [-0.15, -0.1) is 0 Å². The first kappa shape index (κ1) is 25.4. The zero-order valence-corrected chi connectivity index (χ0v) is 21.8. The van der Waals surface area contributed by atoms with Gasteiger partial charge in [-0.25, -0.2) is 8.42 Å². The summed E-state index contributed by atoms with van der Waals surface area (Å²) in [7, 11) is -2.48. The number of rotatable bonds is 8. The van der Waals surface area contributed by atoms with Crippen LogP contribution in [0.1, 0.15) is 16.3 Å². The molecule has 1 aromatic heterocycles. The summed E-state index contributed by atoms with van der Waals surface area (Å²) < 4.78 is 43.2. The highest BCUT2D eigenvalue weighted by Crippen LogP contribution is 2.30.